The Kier molecular flexibility index (Phi) is 3.27. The molecule has 0 N–H and O–H groups in total. The summed E-state index contributed by atoms with van der Waals surface area (Å²) < 4.78 is 0. The van der Waals surface area contributed by atoms with Gasteiger partial charge in [0.25, 0.3) is 5.91 Å². The van der Waals surface area contributed by atoms with Gasteiger partial charge in [0.1, 0.15) is 0 Å². The molecule has 0 aliphatic carbocycles. The summed E-state index contributed by atoms with van der Waals surface area (Å²) in [6, 6.07) is 6.10. The van der Waals surface area contributed by atoms with E-state index < -0.39 is 0 Å². The van der Waals surface area contributed by atoms with Crippen LogP contribution in [-0.4, -0.2) is 11.6 Å². The summed E-state index contributed by atoms with van der Waals surface area (Å²) in [5, 5.41) is 5.99. The molecule has 0 bridgehead atoms. The average Bonchev–Trinajstić information content (AvgIpc) is 2.64. The highest BCUT2D eigenvalue weighted by atomic mass is 16.2. The van der Waals surface area contributed by atoms with Crippen molar-refractivity contribution in [2.24, 2.45) is 5.10 Å². The van der Waals surface area contributed by atoms with E-state index in [1.807, 2.05) is 26.0 Å². The maximum absolute atomic E-state index is 11.9. The first-order valence-electron chi connectivity index (χ1n) is 6.08. The van der Waals surface area contributed by atoms with E-state index in [0.29, 0.717) is 6.42 Å². The quantitative estimate of drug-likeness (QED) is 0.784. The molecule has 2 rings (SSSR count). The topological polar surface area (TPSA) is 32.7 Å². The molecular formula is C14H18N2O. The van der Waals surface area contributed by atoms with Crippen molar-refractivity contribution in [3.8, 4) is 0 Å². The molecule has 0 saturated carbocycles. The fourth-order valence-corrected chi connectivity index (χ4v) is 2.04. The van der Waals surface area contributed by atoms with Crippen LogP contribution in [0.2, 0.25) is 0 Å². The first-order valence-corrected chi connectivity index (χ1v) is 6.08. The minimum Gasteiger partial charge on any atom is -0.272 e. The Hall–Kier alpha value is -1.64. The molecule has 1 aliphatic rings. The first-order chi connectivity index (χ1) is 8.11. The third kappa shape index (κ3) is 2.38. The van der Waals surface area contributed by atoms with E-state index in [9.17, 15) is 4.79 Å². The molecule has 17 heavy (non-hydrogen) atoms. The second-order valence-corrected chi connectivity index (χ2v) is 4.59. The van der Waals surface area contributed by atoms with Crippen LogP contribution in [0.15, 0.2) is 23.3 Å². The highest BCUT2D eigenvalue weighted by Gasteiger charge is 2.25. The van der Waals surface area contributed by atoms with Gasteiger partial charge in [-0.3, -0.25) is 4.79 Å². The Bertz CT molecular complexity index is 477. The number of amides is 1. The summed E-state index contributed by atoms with van der Waals surface area (Å²) in [4.78, 5) is 11.9. The van der Waals surface area contributed by atoms with E-state index in [0.717, 1.165) is 35.4 Å². The van der Waals surface area contributed by atoms with Gasteiger partial charge < -0.3 is 0 Å². The van der Waals surface area contributed by atoms with Crippen LogP contribution >= 0.6 is 0 Å². The number of aryl methyl sites for hydroxylation is 2. The molecule has 0 fully saturated rings. The Balaban J connectivity index is 2.33. The van der Waals surface area contributed by atoms with Gasteiger partial charge in [0.05, 0.1) is 12.1 Å². The molecule has 0 atom stereocenters. The predicted molar refractivity (Wildman–Crippen MR) is 70.4 cm³/mol. The number of hydrogen-bond acceptors (Lipinski definition) is 2. The van der Waals surface area contributed by atoms with Crippen LogP contribution in [0.5, 0.6) is 0 Å². The highest BCUT2D eigenvalue weighted by Crippen LogP contribution is 2.26. The van der Waals surface area contributed by atoms with Crippen molar-refractivity contribution in [3.63, 3.8) is 0 Å². The standard InChI is InChI=1S/C14H18N2O/c1-4-5-12-9-14(17)16(15-12)13-8-10(2)6-7-11(13)3/h6-8H,4-5,9H2,1-3H3. The van der Waals surface area contributed by atoms with Gasteiger partial charge in [-0.1, -0.05) is 25.5 Å². The van der Waals surface area contributed by atoms with Gasteiger partial charge in [-0.25, -0.2) is 5.01 Å². The number of hydrazone groups is 1. The van der Waals surface area contributed by atoms with Crippen molar-refractivity contribution in [1.82, 2.24) is 0 Å². The molecule has 0 unspecified atom stereocenters. The predicted octanol–water partition coefficient (Wildman–Crippen LogP) is 3.20. The van der Waals surface area contributed by atoms with Crippen LogP contribution in [0.3, 0.4) is 0 Å². The van der Waals surface area contributed by atoms with Crippen molar-refractivity contribution in [2.75, 3.05) is 5.01 Å². The van der Waals surface area contributed by atoms with Crippen molar-refractivity contribution in [3.05, 3.63) is 29.3 Å². The van der Waals surface area contributed by atoms with Gasteiger partial charge in [0.2, 0.25) is 0 Å². The molecule has 0 radical (unpaired) electrons. The second kappa shape index (κ2) is 4.70. The van der Waals surface area contributed by atoms with Crippen LogP contribution in [0, 0.1) is 13.8 Å². The molecule has 1 aliphatic heterocycles. The summed E-state index contributed by atoms with van der Waals surface area (Å²) in [6.45, 7) is 6.14. The van der Waals surface area contributed by atoms with Crippen molar-refractivity contribution >= 4 is 17.3 Å². The van der Waals surface area contributed by atoms with E-state index >= 15 is 0 Å². The zero-order valence-electron chi connectivity index (χ0n) is 10.7. The normalized spacial score (nSPS) is 15.4. The number of rotatable bonds is 3. The lowest BCUT2D eigenvalue weighted by molar-refractivity contribution is -0.116. The van der Waals surface area contributed by atoms with Crippen LogP contribution < -0.4 is 5.01 Å². The number of carbonyl (C=O) groups is 1. The third-order valence-electron chi connectivity index (χ3n) is 2.96. The van der Waals surface area contributed by atoms with Gasteiger partial charge >= 0.3 is 0 Å². The highest BCUT2D eigenvalue weighted by molar-refractivity contribution is 6.13. The molecular weight excluding hydrogens is 212 g/mol. The molecule has 1 amide bonds. The number of anilines is 1. The van der Waals surface area contributed by atoms with Crippen LogP contribution in [0.4, 0.5) is 5.69 Å². The Labute approximate surface area is 102 Å². The molecule has 0 saturated heterocycles. The Morgan fingerprint density at radius 3 is 2.82 bits per heavy atom. The van der Waals surface area contributed by atoms with Crippen molar-refractivity contribution in [2.45, 2.75) is 40.0 Å². The molecule has 3 heteroatoms. The lowest BCUT2D eigenvalue weighted by Gasteiger charge is -2.15. The lowest BCUT2D eigenvalue weighted by atomic mass is 10.1. The molecule has 3 nitrogen and oxygen atoms in total. The Morgan fingerprint density at radius 2 is 2.12 bits per heavy atom. The summed E-state index contributed by atoms with van der Waals surface area (Å²) in [5.74, 6) is 0.0853. The summed E-state index contributed by atoms with van der Waals surface area (Å²) in [7, 11) is 0. The lowest BCUT2D eigenvalue weighted by Crippen LogP contribution is -2.20. The zero-order chi connectivity index (χ0) is 12.4. The molecule has 0 aromatic heterocycles. The zero-order valence-corrected chi connectivity index (χ0v) is 10.7. The van der Waals surface area contributed by atoms with Gasteiger partial charge in [-0.05, 0) is 37.5 Å². The average molecular weight is 230 g/mol. The molecule has 1 aromatic carbocycles. The van der Waals surface area contributed by atoms with Crippen molar-refractivity contribution < 1.29 is 4.79 Å². The summed E-state index contributed by atoms with van der Waals surface area (Å²) in [5.41, 5.74) is 4.16. The number of benzene rings is 1. The molecule has 90 valence electrons. The van der Waals surface area contributed by atoms with E-state index in [2.05, 4.69) is 18.1 Å². The number of carbonyl (C=O) groups excluding carboxylic acids is 1. The van der Waals surface area contributed by atoms with E-state index in [1.165, 1.54) is 0 Å². The fraction of sp³-hybridized carbons (Fsp3) is 0.429. The second-order valence-electron chi connectivity index (χ2n) is 4.59. The summed E-state index contributed by atoms with van der Waals surface area (Å²) in [6.07, 6.45) is 2.42. The van der Waals surface area contributed by atoms with Crippen LogP contribution in [0.1, 0.15) is 37.3 Å². The van der Waals surface area contributed by atoms with Gasteiger partial charge in [-0.15, -0.1) is 0 Å². The molecule has 1 aromatic rings. The largest absolute Gasteiger partial charge is 0.272 e. The summed E-state index contributed by atoms with van der Waals surface area (Å²) >= 11 is 0. The van der Waals surface area contributed by atoms with Gasteiger partial charge in [-0.2, -0.15) is 5.10 Å². The Morgan fingerprint density at radius 1 is 1.35 bits per heavy atom. The minimum absolute atomic E-state index is 0.0853. The van der Waals surface area contributed by atoms with Gasteiger partial charge in [0, 0.05) is 5.71 Å². The number of nitrogens with zero attached hydrogens (tertiary/aromatic N) is 2. The maximum Gasteiger partial charge on any atom is 0.253 e. The first kappa shape index (κ1) is 11.8. The molecule has 1 heterocycles. The smallest absolute Gasteiger partial charge is 0.253 e. The maximum atomic E-state index is 11.9. The van der Waals surface area contributed by atoms with E-state index in [4.69, 9.17) is 0 Å². The van der Waals surface area contributed by atoms with E-state index in [-0.39, 0.29) is 5.91 Å². The fourth-order valence-electron chi connectivity index (χ4n) is 2.04. The van der Waals surface area contributed by atoms with Crippen LogP contribution in [0.25, 0.3) is 0 Å². The number of hydrogen-bond donors (Lipinski definition) is 0. The third-order valence-corrected chi connectivity index (χ3v) is 2.96. The molecule has 0 spiro atoms. The SMILES string of the molecule is CCCC1=NN(c2cc(C)ccc2C)C(=O)C1. The van der Waals surface area contributed by atoms with E-state index in [1.54, 1.807) is 5.01 Å². The van der Waals surface area contributed by atoms with Crippen LogP contribution in [-0.2, 0) is 4.79 Å². The van der Waals surface area contributed by atoms with Gasteiger partial charge in [0.15, 0.2) is 0 Å². The van der Waals surface area contributed by atoms with Crippen molar-refractivity contribution in [1.29, 1.82) is 0 Å². The monoisotopic (exact) mass is 230 g/mol. The minimum atomic E-state index is 0.0853.